The number of anilines is 1. The molecule has 2 N–H and O–H groups in total. The summed E-state index contributed by atoms with van der Waals surface area (Å²) in [6.07, 6.45) is 0. The summed E-state index contributed by atoms with van der Waals surface area (Å²) >= 11 is 5.95. The summed E-state index contributed by atoms with van der Waals surface area (Å²) in [7, 11) is 3.08. The van der Waals surface area contributed by atoms with Gasteiger partial charge in [-0.05, 0) is 19.1 Å². The number of hydrogen-bond acceptors (Lipinski definition) is 3. The van der Waals surface area contributed by atoms with Crippen LogP contribution in [0.4, 0.5) is 10.5 Å². The highest BCUT2D eigenvalue weighted by atomic mass is 35.5. The average Bonchev–Trinajstić information content (AvgIpc) is 2.29. The summed E-state index contributed by atoms with van der Waals surface area (Å²) < 4.78 is 10.1. The standard InChI is InChI=1S/C12H17ClN2O3/c1-8(7-17-2)14-12(16)15-10-6-4-5-9(13)11(10)18-3/h4-6,8H,7H2,1-3H3,(H2,14,15,16). The molecule has 2 amide bonds. The molecule has 1 unspecified atom stereocenters. The maximum absolute atomic E-state index is 11.7. The maximum Gasteiger partial charge on any atom is 0.319 e. The number of benzene rings is 1. The Balaban J connectivity index is 2.67. The van der Waals surface area contributed by atoms with Crippen molar-refractivity contribution in [2.24, 2.45) is 0 Å². The third kappa shape index (κ3) is 4.09. The number of amides is 2. The lowest BCUT2D eigenvalue weighted by Gasteiger charge is -2.15. The number of methoxy groups -OCH3 is 2. The minimum atomic E-state index is -0.333. The van der Waals surface area contributed by atoms with Crippen LogP contribution in [0.2, 0.25) is 5.02 Å². The lowest BCUT2D eigenvalue weighted by Crippen LogP contribution is -2.38. The van der Waals surface area contributed by atoms with Gasteiger partial charge in [0.1, 0.15) is 0 Å². The lowest BCUT2D eigenvalue weighted by molar-refractivity contribution is 0.173. The SMILES string of the molecule is COCC(C)NC(=O)Nc1cccc(Cl)c1OC. The number of carbonyl (C=O) groups excluding carboxylic acids is 1. The van der Waals surface area contributed by atoms with Crippen molar-refractivity contribution in [2.75, 3.05) is 26.1 Å². The van der Waals surface area contributed by atoms with Gasteiger partial charge in [0, 0.05) is 7.11 Å². The van der Waals surface area contributed by atoms with Crippen LogP contribution in [0.25, 0.3) is 0 Å². The molecule has 6 heteroatoms. The summed E-state index contributed by atoms with van der Waals surface area (Å²) in [5.74, 6) is 0.439. The Morgan fingerprint density at radius 1 is 1.44 bits per heavy atom. The first-order valence-electron chi connectivity index (χ1n) is 5.47. The van der Waals surface area contributed by atoms with E-state index >= 15 is 0 Å². The number of hydrogen-bond donors (Lipinski definition) is 2. The Hall–Kier alpha value is -1.46. The zero-order valence-electron chi connectivity index (χ0n) is 10.6. The van der Waals surface area contributed by atoms with Crippen LogP contribution in [0.15, 0.2) is 18.2 Å². The van der Waals surface area contributed by atoms with Crippen LogP contribution in [0.1, 0.15) is 6.92 Å². The maximum atomic E-state index is 11.7. The van der Waals surface area contributed by atoms with E-state index in [2.05, 4.69) is 10.6 Å². The normalized spacial score (nSPS) is 11.8. The Kier molecular flexibility index (Phi) is 5.74. The third-order valence-corrected chi connectivity index (χ3v) is 2.51. The quantitative estimate of drug-likeness (QED) is 0.866. The number of ether oxygens (including phenoxy) is 2. The van der Waals surface area contributed by atoms with Crippen molar-refractivity contribution in [3.8, 4) is 5.75 Å². The Morgan fingerprint density at radius 2 is 2.17 bits per heavy atom. The number of para-hydroxylation sites is 1. The van der Waals surface area contributed by atoms with Gasteiger partial charge < -0.3 is 20.1 Å². The van der Waals surface area contributed by atoms with Crippen molar-refractivity contribution in [1.82, 2.24) is 5.32 Å². The van der Waals surface area contributed by atoms with Crippen molar-refractivity contribution in [3.63, 3.8) is 0 Å². The van der Waals surface area contributed by atoms with Crippen molar-refractivity contribution >= 4 is 23.3 Å². The first-order chi connectivity index (χ1) is 8.58. The number of halogens is 1. The average molecular weight is 273 g/mol. The minimum absolute atomic E-state index is 0.0832. The Morgan fingerprint density at radius 3 is 2.78 bits per heavy atom. The van der Waals surface area contributed by atoms with E-state index in [0.717, 1.165) is 0 Å². The predicted molar refractivity (Wildman–Crippen MR) is 71.5 cm³/mol. The predicted octanol–water partition coefficient (Wildman–Crippen LogP) is 2.51. The number of rotatable bonds is 5. The molecule has 0 aliphatic carbocycles. The fourth-order valence-electron chi connectivity index (χ4n) is 1.49. The van der Waals surface area contributed by atoms with Crippen LogP contribution in [-0.2, 0) is 4.74 Å². The van der Waals surface area contributed by atoms with Gasteiger partial charge in [0.15, 0.2) is 5.75 Å². The second kappa shape index (κ2) is 7.08. The van der Waals surface area contributed by atoms with Gasteiger partial charge >= 0.3 is 6.03 Å². The monoisotopic (exact) mass is 272 g/mol. The van der Waals surface area contributed by atoms with E-state index in [4.69, 9.17) is 21.1 Å². The zero-order chi connectivity index (χ0) is 13.5. The number of nitrogens with one attached hydrogen (secondary N) is 2. The fraction of sp³-hybridized carbons (Fsp3) is 0.417. The third-order valence-electron chi connectivity index (χ3n) is 2.21. The smallest absolute Gasteiger partial charge is 0.319 e. The molecular weight excluding hydrogens is 256 g/mol. The molecule has 0 aliphatic heterocycles. The van der Waals surface area contributed by atoms with Gasteiger partial charge in [-0.25, -0.2) is 4.79 Å². The van der Waals surface area contributed by atoms with Crippen LogP contribution >= 0.6 is 11.6 Å². The van der Waals surface area contributed by atoms with Gasteiger partial charge in [0.2, 0.25) is 0 Å². The summed E-state index contributed by atoms with van der Waals surface area (Å²) in [5, 5.41) is 5.85. The molecule has 0 spiro atoms. The highest BCUT2D eigenvalue weighted by molar-refractivity contribution is 6.32. The molecule has 0 radical (unpaired) electrons. The van der Waals surface area contributed by atoms with E-state index in [1.165, 1.54) is 7.11 Å². The van der Waals surface area contributed by atoms with Gasteiger partial charge in [-0.1, -0.05) is 17.7 Å². The minimum Gasteiger partial charge on any atom is -0.493 e. The van der Waals surface area contributed by atoms with Crippen LogP contribution in [0, 0.1) is 0 Å². The highest BCUT2D eigenvalue weighted by Gasteiger charge is 2.11. The molecule has 5 nitrogen and oxygen atoms in total. The van der Waals surface area contributed by atoms with E-state index in [0.29, 0.717) is 23.1 Å². The lowest BCUT2D eigenvalue weighted by atomic mass is 10.3. The van der Waals surface area contributed by atoms with Crippen molar-refractivity contribution in [2.45, 2.75) is 13.0 Å². The largest absolute Gasteiger partial charge is 0.493 e. The van der Waals surface area contributed by atoms with Crippen molar-refractivity contribution < 1.29 is 14.3 Å². The molecular formula is C12H17ClN2O3. The molecule has 0 saturated carbocycles. The Labute approximate surface area is 111 Å². The molecule has 0 bridgehead atoms. The molecule has 100 valence electrons. The highest BCUT2D eigenvalue weighted by Crippen LogP contribution is 2.32. The summed E-state index contributed by atoms with van der Waals surface area (Å²) in [5.41, 5.74) is 0.520. The number of urea groups is 1. The first-order valence-corrected chi connectivity index (χ1v) is 5.85. The van der Waals surface area contributed by atoms with Gasteiger partial charge in [-0.15, -0.1) is 0 Å². The molecule has 0 fully saturated rings. The zero-order valence-corrected chi connectivity index (χ0v) is 11.4. The van der Waals surface area contributed by atoms with Gasteiger partial charge in [0.25, 0.3) is 0 Å². The van der Waals surface area contributed by atoms with Crippen LogP contribution in [0.3, 0.4) is 0 Å². The van der Waals surface area contributed by atoms with Crippen LogP contribution in [-0.4, -0.2) is 32.9 Å². The molecule has 0 aliphatic rings. The van der Waals surface area contributed by atoms with Gasteiger partial charge in [-0.3, -0.25) is 0 Å². The molecule has 1 aromatic carbocycles. The van der Waals surface area contributed by atoms with Crippen LogP contribution < -0.4 is 15.4 Å². The summed E-state index contributed by atoms with van der Waals surface area (Å²) in [4.78, 5) is 11.7. The topological polar surface area (TPSA) is 59.6 Å². The van der Waals surface area contributed by atoms with E-state index in [1.54, 1.807) is 25.3 Å². The van der Waals surface area contributed by atoms with E-state index in [-0.39, 0.29) is 12.1 Å². The molecule has 0 heterocycles. The first kappa shape index (κ1) is 14.6. The van der Waals surface area contributed by atoms with E-state index in [9.17, 15) is 4.79 Å². The summed E-state index contributed by atoms with van der Waals surface area (Å²) in [6, 6.07) is 4.72. The number of carbonyl (C=O) groups is 1. The molecule has 1 aromatic rings. The molecule has 0 aromatic heterocycles. The Bertz CT molecular complexity index is 412. The van der Waals surface area contributed by atoms with Gasteiger partial charge in [-0.2, -0.15) is 0 Å². The molecule has 1 atom stereocenters. The van der Waals surface area contributed by atoms with Crippen molar-refractivity contribution in [3.05, 3.63) is 23.2 Å². The van der Waals surface area contributed by atoms with E-state index < -0.39 is 0 Å². The van der Waals surface area contributed by atoms with Crippen LogP contribution in [0.5, 0.6) is 5.75 Å². The summed E-state index contributed by atoms with van der Waals surface area (Å²) in [6.45, 7) is 2.29. The van der Waals surface area contributed by atoms with Gasteiger partial charge in [0.05, 0.1) is 30.5 Å². The molecule has 1 rings (SSSR count). The molecule has 0 saturated heterocycles. The second-order valence-electron chi connectivity index (χ2n) is 3.78. The van der Waals surface area contributed by atoms with Crippen molar-refractivity contribution in [1.29, 1.82) is 0 Å². The second-order valence-corrected chi connectivity index (χ2v) is 4.18. The fourth-order valence-corrected chi connectivity index (χ4v) is 1.74. The molecule has 18 heavy (non-hydrogen) atoms. The van der Waals surface area contributed by atoms with E-state index in [1.807, 2.05) is 6.92 Å².